The molecule has 0 aliphatic carbocycles. The molecule has 2 N–H and O–H groups in total. The van der Waals surface area contributed by atoms with E-state index in [2.05, 4.69) is 4.72 Å². The topological polar surface area (TPSA) is 104 Å². The molecule has 182 valence electrons. The van der Waals surface area contributed by atoms with E-state index in [-0.39, 0.29) is 10.8 Å². The number of carbonyl (C=O) groups excluding carboxylic acids is 1. The summed E-state index contributed by atoms with van der Waals surface area (Å²) in [4.78, 5) is 25.8. The number of anilines is 1. The monoisotopic (exact) mass is 512 g/mol. The Kier molecular flexibility index (Phi) is 6.87. The highest BCUT2D eigenvalue weighted by Crippen LogP contribution is 2.28. The van der Waals surface area contributed by atoms with Crippen molar-refractivity contribution >= 4 is 39.2 Å². The Hall–Kier alpha value is -3.36. The fourth-order valence-electron chi connectivity index (χ4n) is 4.25. The second-order valence-corrected chi connectivity index (χ2v) is 10.7. The van der Waals surface area contributed by atoms with E-state index in [4.69, 9.17) is 11.6 Å². The minimum absolute atomic E-state index is 0.161. The molecule has 1 aliphatic rings. The minimum Gasteiger partial charge on any atom is -0.480 e. The highest BCUT2D eigenvalue weighted by molar-refractivity contribution is 7.92. The number of carboxylic acids is 1. The lowest BCUT2D eigenvalue weighted by atomic mass is 10.0. The zero-order chi connectivity index (χ0) is 25.3. The molecule has 9 heteroatoms. The second kappa shape index (κ2) is 9.71. The average molecular weight is 513 g/mol. The van der Waals surface area contributed by atoms with Gasteiger partial charge in [-0.1, -0.05) is 35.9 Å². The zero-order valence-electron chi connectivity index (χ0n) is 19.3. The van der Waals surface area contributed by atoms with Crippen molar-refractivity contribution in [3.63, 3.8) is 0 Å². The third-order valence-electron chi connectivity index (χ3n) is 6.12. The van der Waals surface area contributed by atoms with Gasteiger partial charge < -0.3 is 10.0 Å². The predicted octanol–water partition coefficient (Wildman–Crippen LogP) is 5.11. The fourth-order valence-corrected chi connectivity index (χ4v) is 5.83. The lowest BCUT2D eigenvalue weighted by Gasteiger charge is -2.21. The number of rotatable bonds is 6. The van der Waals surface area contributed by atoms with Gasteiger partial charge in [0.1, 0.15) is 6.04 Å². The van der Waals surface area contributed by atoms with E-state index >= 15 is 0 Å². The number of carbonyl (C=O) groups is 2. The molecule has 0 radical (unpaired) electrons. The summed E-state index contributed by atoms with van der Waals surface area (Å²) < 4.78 is 28.7. The van der Waals surface area contributed by atoms with Crippen molar-refractivity contribution < 1.29 is 23.1 Å². The molecule has 1 heterocycles. The van der Waals surface area contributed by atoms with Crippen LogP contribution in [0, 0.1) is 13.8 Å². The average Bonchev–Trinajstić information content (AvgIpc) is 3.31. The lowest BCUT2D eigenvalue weighted by molar-refractivity contribution is -0.141. The smallest absolute Gasteiger partial charge is 0.326 e. The molecule has 0 spiro atoms. The van der Waals surface area contributed by atoms with Crippen LogP contribution in [-0.4, -0.2) is 42.9 Å². The maximum Gasteiger partial charge on any atom is 0.326 e. The van der Waals surface area contributed by atoms with E-state index in [1.807, 2.05) is 6.07 Å². The van der Waals surface area contributed by atoms with Gasteiger partial charge in [0.15, 0.2) is 0 Å². The molecular weight excluding hydrogens is 488 g/mol. The highest BCUT2D eigenvalue weighted by atomic mass is 35.5. The Morgan fingerprint density at radius 1 is 1.00 bits per heavy atom. The van der Waals surface area contributed by atoms with Crippen molar-refractivity contribution in [2.24, 2.45) is 0 Å². The van der Waals surface area contributed by atoms with E-state index in [0.29, 0.717) is 46.8 Å². The van der Waals surface area contributed by atoms with E-state index < -0.39 is 22.0 Å². The largest absolute Gasteiger partial charge is 0.480 e. The first-order valence-electron chi connectivity index (χ1n) is 11.1. The van der Waals surface area contributed by atoms with Crippen LogP contribution in [0.2, 0.25) is 5.02 Å². The van der Waals surface area contributed by atoms with Gasteiger partial charge in [0.2, 0.25) is 0 Å². The summed E-state index contributed by atoms with van der Waals surface area (Å²) >= 11 is 6.11. The molecule has 0 unspecified atom stereocenters. The van der Waals surface area contributed by atoms with E-state index in [9.17, 15) is 23.1 Å². The van der Waals surface area contributed by atoms with Gasteiger partial charge in [-0.3, -0.25) is 9.52 Å². The first-order valence-corrected chi connectivity index (χ1v) is 13.0. The maximum absolute atomic E-state index is 13.0. The molecule has 3 aromatic rings. The van der Waals surface area contributed by atoms with Crippen LogP contribution in [0.5, 0.6) is 0 Å². The van der Waals surface area contributed by atoms with Crippen molar-refractivity contribution in [2.75, 3.05) is 11.3 Å². The van der Waals surface area contributed by atoms with Gasteiger partial charge in [0.25, 0.3) is 15.9 Å². The number of likely N-dealkylation sites (tertiary alicyclic amines) is 1. The lowest BCUT2D eigenvalue weighted by Crippen LogP contribution is -2.40. The third kappa shape index (κ3) is 5.18. The Bertz CT molecular complexity index is 1400. The van der Waals surface area contributed by atoms with Crippen LogP contribution in [0.1, 0.15) is 34.3 Å². The van der Waals surface area contributed by atoms with Gasteiger partial charge in [0.05, 0.1) is 4.90 Å². The number of hydrogen-bond acceptors (Lipinski definition) is 4. The number of nitrogens with zero attached hydrogens (tertiary/aromatic N) is 1. The zero-order valence-corrected chi connectivity index (χ0v) is 20.9. The molecule has 7 nitrogen and oxygen atoms in total. The molecule has 0 saturated carbocycles. The highest BCUT2D eigenvalue weighted by Gasteiger charge is 2.34. The van der Waals surface area contributed by atoms with Crippen LogP contribution in [0.25, 0.3) is 11.1 Å². The molecule has 1 aliphatic heterocycles. The first-order chi connectivity index (χ1) is 16.6. The number of carboxylic acid groups (broad SMARTS) is 1. The Balaban J connectivity index is 1.55. The van der Waals surface area contributed by atoms with Crippen LogP contribution in [0.15, 0.2) is 65.6 Å². The van der Waals surface area contributed by atoms with Crippen LogP contribution in [-0.2, 0) is 14.8 Å². The van der Waals surface area contributed by atoms with Gasteiger partial charge in [-0.2, -0.15) is 0 Å². The van der Waals surface area contributed by atoms with E-state index in [1.165, 1.54) is 4.90 Å². The number of nitrogens with one attached hydrogen (secondary N) is 1. The minimum atomic E-state index is -3.83. The van der Waals surface area contributed by atoms with Crippen molar-refractivity contribution in [2.45, 2.75) is 37.6 Å². The summed E-state index contributed by atoms with van der Waals surface area (Å²) in [6, 6.07) is 16.2. The SMILES string of the molecule is Cc1cc(S(=O)(=O)Nc2cccc(-c3ccc(C(=O)N4CCC[C@H]4C(=O)O)cc3)c2)c(C)cc1Cl. The van der Waals surface area contributed by atoms with Crippen molar-refractivity contribution in [1.29, 1.82) is 0 Å². The number of hydrogen-bond donors (Lipinski definition) is 2. The molecule has 1 fully saturated rings. The normalized spacial score (nSPS) is 15.7. The number of benzene rings is 3. The predicted molar refractivity (Wildman–Crippen MR) is 135 cm³/mol. The van der Waals surface area contributed by atoms with Crippen LogP contribution < -0.4 is 4.72 Å². The van der Waals surface area contributed by atoms with Crippen LogP contribution in [0.3, 0.4) is 0 Å². The Labute approximate surface area is 209 Å². The molecular formula is C26H25ClN2O5S. The summed E-state index contributed by atoms with van der Waals surface area (Å²) in [5.74, 6) is -1.30. The molecule has 1 saturated heterocycles. The van der Waals surface area contributed by atoms with Gasteiger partial charge in [-0.05, 0) is 85.3 Å². The van der Waals surface area contributed by atoms with E-state index in [0.717, 1.165) is 11.1 Å². The molecule has 1 amide bonds. The third-order valence-corrected chi connectivity index (χ3v) is 8.05. The number of aryl methyl sites for hydroxylation is 2. The number of sulfonamides is 1. The standard InChI is InChI=1S/C26H25ClN2O5S/c1-16-14-24(17(2)13-22(16)27)35(33,34)28-21-6-3-5-20(15-21)18-8-10-19(11-9-18)25(30)29-12-4-7-23(29)26(31)32/h3,5-6,8-11,13-15,23,28H,4,7,12H2,1-2H3,(H,31,32)/t23-/m0/s1. The van der Waals surface area contributed by atoms with Crippen LogP contribution in [0.4, 0.5) is 5.69 Å². The maximum atomic E-state index is 13.0. The van der Waals surface area contributed by atoms with Crippen molar-refractivity contribution in [1.82, 2.24) is 4.90 Å². The number of amides is 1. The van der Waals surface area contributed by atoms with Gasteiger partial charge in [-0.15, -0.1) is 0 Å². The summed E-state index contributed by atoms with van der Waals surface area (Å²) in [5, 5.41) is 9.85. The summed E-state index contributed by atoms with van der Waals surface area (Å²) in [6.45, 7) is 3.87. The second-order valence-electron chi connectivity index (χ2n) is 8.63. The summed E-state index contributed by atoms with van der Waals surface area (Å²) in [6.07, 6.45) is 1.12. The first kappa shape index (κ1) is 24.8. The molecule has 0 aromatic heterocycles. The molecule has 0 bridgehead atoms. The quantitative estimate of drug-likeness (QED) is 0.477. The summed E-state index contributed by atoms with van der Waals surface area (Å²) in [7, 11) is -3.83. The Morgan fingerprint density at radius 2 is 1.71 bits per heavy atom. The van der Waals surface area contributed by atoms with Crippen molar-refractivity contribution in [3.05, 3.63) is 82.4 Å². The number of halogens is 1. The van der Waals surface area contributed by atoms with Crippen molar-refractivity contribution in [3.8, 4) is 11.1 Å². The van der Waals surface area contributed by atoms with Gasteiger partial charge in [-0.25, -0.2) is 13.2 Å². The van der Waals surface area contributed by atoms with E-state index in [1.54, 1.807) is 68.4 Å². The number of aliphatic carboxylic acids is 1. The van der Waals surface area contributed by atoms with Gasteiger partial charge >= 0.3 is 5.97 Å². The fraction of sp³-hybridized carbons (Fsp3) is 0.231. The molecule has 4 rings (SSSR count). The van der Waals surface area contributed by atoms with Gasteiger partial charge in [0, 0.05) is 22.8 Å². The molecule has 1 atom stereocenters. The van der Waals surface area contributed by atoms with Crippen LogP contribution >= 0.6 is 11.6 Å². The Morgan fingerprint density at radius 3 is 2.40 bits per heavy atom. The summed E-state index contributed by atoms with van der Waals surface area (Å²) in [5.41, 5.74) is 3.58. The molecule has 35 heavy (non-hydrogen) atoms. The molecule has 3 aromatic carbocycles.